The Labute approximate surface area is 121 Å². The van der Waals surface area contributed by atoms with E-state index < -0.39 is 17.3 Å². The number of imidazole rings is 1. The quantitative estimate of drug-likeness (QED) is 0.908. The molecule has 0 saturated heterocycles. The van der Waals surface area contributed by atoms with Crippen LogP contribution in [0.3, 0.4) is 0 Å². The molecule has 21 heavy (non-hydrogen) atoms. The number of H-pyrrole nitrogens is 1. The van der Waals surface area contributed by atoms with Crippen LogP contribution in [0.1, 0.15) is 30.8 Å². The minimum Gasteiger partial charge on any atom is -0.342 e. The van der Waals surface area contributed by atoms with Gasteiger partial charge in [0.05, 0.1) is 11.3 Å². The molecule has 2 rings (SSSR count). The van der Waals surface area contributed by atoms with Crippen LogP contribution in [0.25, 0.3) is 11.4 Å². The highest BCUT2D eigenvalue weighted by molar-refractivity contribution is 5.56. The van der Waals surface area contributed by atoms with Gasteiger partial charge in [0.25, 0.3) is 0 Å². The van der Waals surface area contributed by atoms with Crippen LogP contribution in [-0.2, 0) is 12.6 Å². The summed E-state index contributed by atoms with van der Waals surface area (Å²) in [4.78, 5) is 7.53. The van der Waals surface area contributed by atoms with Gasteiger partial charge in [-0.3, -0.25) is 0 Å². The number of hydrogen-bond acceptors (Lipinski definition) is 2. The zero-order chi connectivity index (χ0) is 15.8. The first kappa shape index (κ1) is 15.6. The summed E-state index contributed by atoms with van der Waals surface area (Å²) in [5, 5.41) is 0. The summed E-state index contributed by atoms with van der Waals surface area (Å²) in [6.07, 6.45) is -3.73. The van der Waals surface area contributed by atoms with Gasteiger partial charge in [0, 0.05) is 23.2 Å². The van der Waals surface area contributed by atoms with Gasteiger partial charge in [0.1, 0.15) is 5.82 Å². The Balaban J connectivity index is 2.29. The Morgan fingerprint density at radius 2 is 1.71 bits per heavy atom. The number of halogens is 3. The number of nitrogens with one attached hydrogen (secondary N) is 1. The predicted molar refractivity (Wildman–Crippen MR) is 75.7 cm³/mol. The number of aryl methyl sites for hydroxylation is 1. The first-order valence-corrected chi connectivity index (χ1v) is 6.58. The van der Waals surface area contributed by atoms with E-state index in [1.807, 2.05) is 20.8 Å². The van der Waals surface area contributed by atoms with E-state index in [9.17, 15) is 13.2 Å². The lowest BCUT2D eigenvalue weighted by Gasteiger charge is -2.16. The van der Waals surface area contributed by atoms with E-state index in [0.717, 1.165) is 23.5 Å². The molecule has 3 N–H and O–H groups in total. The van der Waals surface area contributed by atoms with Crippen LogP contribution >= 0.6 is 0 Å². The Bertz CT molecular complexity index is 619. The molecule has 0 spiro atoms. The molecule has 0 radical (unpaired) electrons. The van der Waals surface area contributed by atoms with Crippen molar-refractivity contribution in [3.63, 3.8) is 0 Å². The molecule has 1 heterocycles. The lowest BCUT2D eigenvalue weighted by Crippen LogP contribution is -2.34. The summed E-state index contributed by atoms with van der Waals surface area (Å²) in [5.74, 6) is 0.556. The second-order valence-electron chi connectivity index (χ2n) is 5.90. The Morgan fingerprint density at radius 3 is 2.19 bits per heavy atom. The summed E-state index contributed by atoms with van der Waals surface area (Å²) in [6, 6.07) is 4.94. The van der Waals surface area contributed by atoms with Gasteiger partial charge in [-0.2, -0.15) is 13.2 Å². The Hall–Kier alpha value is -1.82. The first-order valence-electron chi connectivity index (χ1n) is 6.58. The van der Waals surface area contributed by atoms with Crippen molar-refractivity contribution >= 4 is 0 Å². The van der Waals surface area contributed by atoms with E-state index in [-0.39, 0.29) is 0 Å². The molecule has 0 aliphatic carbocycles. The highest BCUT2D eigenvalue weighted by Gasteiger charge is 2.30. The number of nitrogens with two attached hydrogens (primary N) is 1. The van der Waals surface area contributed by atoms with Crippen molar-refractivity contribution in [2.24, 2.45) is 5.73 Å². The molecule has 0 bridgehead atoms. The molecular formula is C15H18F3N3. The van der Waals surface area contributed by atoms with Crippen molar-refractivity contribution < 1.29 is 13.2 Å². The molecule has 0 saturated carbocycles. The molecule has 0 aliphatic rings. The van der Waals surface area contributed by atoms with Crippen molar-refractivity contribution in [1.82, 2.24) is 9.97 Å². The van der Waals surface area contributed by atoms with Gasteiger partial charge in [-0.1, -0.05) is 12.1 Å². The fourth-order valence-corrected chi connectivity index (χ4v) is 2.05. The van der Waals surface area contributed by atoms with Crippen molar-refractivity contribution in [3.8, 4) is 11.4 Å². The molecule has 0 unspecified atom stereocenters. The van der Waals surface area contributed by atoms with Gasteiger partial charge < -0.3 is 10.7 Å². The molecule has 0 atom stereocenters. The van der Waals surface area contributed by atoms with Crippen LogP contribution < -0.4 is 5.73 Å². The largest absolute Gasteiger partial charge is 0.416 e. The minimum atomic E-state index is -4.33. The molecule has 1 aromatic heterocycles. The van der Waals surface area contributed by atoms with Crippen LogP contribution in [0.5, 0.6) is 0 Å². The Morgan fingerprint density at radius 1 is 1.14 bits per heavy atom. The maximum atomic E-state index is 12.5. The second-order valence-corrected chi connectivity index (χ2v) is 5.90. The normalized spacial score (nSPS) is 12.7. The molecule has 0 fully saturated rings. The number of aromatic amines is 1. The van der Waals surface area contributed by atoms with Gasteiger partial charge in [0.15, 0.2) is 0 Å². The standard InChI is InChI=1S/C15H18F3N3/c1-9-12(8-14(2,3)19)21-13(20-9)10-4-6-11(7-5-10)15(16,17)18/h4-7H,8,19H2,1-3H3,(H,20,21). The van der Waals surface area contributed by atoms with E-state index in [2.05, 4.69) is 9.97 Å². The molecule has 3 nitrogen and oxygen atoms in total. The second kappa shape index (κ2) is 5.18. The van der Waals surface area contributed by atoms with Crippen LogP contribution in [0.15, 0.2) is 24.3 Å². The third-order valence-electron chi connectivity index (χ3n) is 3.09. The topological polar surface area (TPSA) is 54.7 Å². The van der Waals surface area contributed by atoms with Crippen LogP contribution in [0.4, 0.5) is 13.2 Å². The van der Waals surface area contributed by atoms with E-state index in [4.69, 9.17) is 5.73 Å². The molecule has 2 aromatic rings. The summed E-state index contributed by atoms with van der Waals surface area (Å²) in [5.41, 5.74) is 7.24. The summed E-state index contributed by atoms with van der Waals surface area (Å²) < 4.78 is 37.6. The van der Waals surface area contributed by atoms with Crippen LogP contribution in [0, 0.1) is 6.92 Å². The number of hydrogen-bond donors (Lipinski definition) is 2. The van der Waals surface area contributed by atoms with Gasteiger partial charge in [-0.15, -0.1) is 0 Å². The van der Waals surface area contributed by atoms with Gasteiger partial charge in [-0.05, 0) is 32.9 Å². The molecule has 0 amide bonds. The molecule has 6 heteroatoms. The van der Waals surface area contributed by atoms with E-state index >= 15 is 0 Å². The maximum Gasteiger partial charge on any atom is 0.416 e. The van der Waals surface area contributed by atoms with E-state index in [0.29, 0.717) is 17.8 Å². The van der Waals surface area contributed by atoms with E-state index in [1.165, 1.54) is 12.1 Å². The minimum absolute atomic E-state index is 0.392. The summed E-state index contributed by atoms with van der Waals surface area (Å²) in [7, 11) is 0. The molecule has 1 aromatic carbocycles. The molecule has 114 valence electrons. The maximum absolute atomic E-state index is 12.5. The fourth-order valence-electron chi connectivity index (χ4n) is 2.05. The highest BCUT2D eigenvalue weighted by atomic mass is 19.4. The van der Waals surface area contributed by atoms with Crippen molar-refractivity contribution in [1.29, 1.82) is 0 Å². The third kappa shape index (κ3) is 3.85. The number of alkyl halides is 3. The predicted octanol–water partition coefficient (Wildman–Crippen LogP) is 3.68. The summed E-state index contributed by atoms with van der Waals surface area (Å²) >= 11 is 0. The van der Waals surface area contributed by atoms with Crippen molar-refractivity contribution in [2.75, 3.05) is 0 Å². The number of aromatic nitrogens is 2. The van der Waals surface area contributed by atoms with Gasteiger partial charge in [0.2, 0.25) is 0 Å². The molecular weight excluding hydrogens is 279 g/mol. The van der Waals surface area contributed by atoms with E-state index in [1.54, 1.807) is 0 Å². The lowest BCUT2D eigenvalue weighted by molar-refractivity contribution is -0.137. The Kier molecular flexibility index (Phi) is 3.84. The average molecular weight is 297 g/mol. The highest BCUT2D eigenvalue weighted by Crippen LogP contribution is 2.30. The average Bonchev–Trinajstić information content (AvgIpc) is 2.68. The molecule has 0 aliphatic heterocycles. The van der Waals surface area contributed by atoms with Crippen molar-refractivity contribution in [2.45, 2.75) is 38.9 Å². The smallest absolute Gasteiger partial charge is 0.342 e. The summed E-state index contributed by atoms with van der Waals surface area (Å²) in [6.45, 7) is 5.68. The van der Waals surface area contributed by atoms with Gasteiger partial charge >= 0.3 is 6.18 Å². The van der Waals surface area contributed by atoms with Gasteiger partial charge in [-0.25, -0.2) is 4.98 Å². The number of benzene rings is 1. The zero-order valence-corrected chi connectivity index (χ0v) is 12.2. The van der Waals surface area contributed by atoms with Crippen LogP contribution in [0.2, 0.25) is 0 Å². The first-order chi connectivity index (χ1) is 9.56. The third-order valence-corrected chi connectivity index (χ3v) is 3.09. The van der Waals surface area contributed by atoms with Crippen molar-refractivity contribution in [3.05, 3.63) is 41.2 Å². The fraction of sp³-hybridized carbons (Fsp3) is 0.400. The monoisotopic (exact) mass is 297 g/mol. The zero-order valence-electron chi connectivity index (χ0n) is 12.2. The lowest BCUT2D eigenvalue weighted by atomic mass is 9.99. The SMILES string of the molecule is Cc1[nH]c(-c2ccc(C(F)(F)F)cc2)nc1CC(C)(C)N. The number of rotatable bonds is 3. The number of nitrogens with zero attached hydrogens (tertiary/aromatic N) is 1. The van der Waals surface area contributed by atoms with Crippen LogP contribution in [-0.4, -0.2) is 15.5 Å².